The summed E-state index contributed by atoms with van der Waals surface area (Å²) in [6.07, 6.45) is 0. The van der Waals surface area contributed by atoms with Crippen molar-refractivity contribution in [1.29, 1.82) is 0 Å². The first-order valence-electron chi connectivity index (χ1n) is 9.06. The smallest absolute Gasteiger partial charge is 0.163 e. The van der Waals surface area contributed by atoms with Crippen LogP contribution in [0.15, 0.2) is 72.8 Å². The average Bonchev–Trinajstić information content (AvgIpc) is 2.67. The Morgan fingerprint density at radius 2 is 1.07 bits per heavy atom. The zero-order valence-corrected chi connectivity index (χ0v) is 15.8. The van der Waals surface area contributed by atoms with Gasteiger partial charge >= 0.3 is 0 Å². The summed E-state index contributed by atoms with van der Waals surface area (Å²) in [7, 11) is 4.18. The van der Waals surface area contributed by atoms with Gasteiger partial charge in [-0.25, -0.2) is 15.0 Å². The van der Waals surface area contributed by atoms with Crippen LogP contribution in [0.25, 0.3) is 33.9 Å². The van der Waals surface area contributed by atoms with Gasteiger partial charge in [-0.3, -0.25) is 0 Å². The quantitative estimate of drug-likeness (QED) is 0.530. The number of aryl methyl sites for hydroxylation is 1. The molecule has 0 radical (unpaired) electrons. The van der Waals surface area contributed by atoms with Gasteiger partial charge in [0.1, 0.15) is 21.5 Å². The van der Waals surface area contributed by atoms with Crippen LogP contribution in [0.1, 0.15) is 5.82 Å². The van der Waals surface area contributed by atoms with Crippen LogP contribution in [0.5, 0.6) is 0 Å². The molecule has 3 aromatic carbocycles. The Bertz CT molecular complexity index is 1070. The van der Waals surface area contributed by atoms with E-state index in [4.69, 9.17) is 4.98 Å². The molecule has 5 heteroatoms. The fraction of sp³-hybridized carbons (Fsp3) is 0.0455. The van der Waals surface area contributed by atoms with E-state index < -0.39 is 0 Å². The van der Waals surface area contributed by atoms with Gasteiger partial charge in [0.2, 0.25) is 0 Å². The zero-order chi connectivity index (χ0) is 18.8. The third-order valence-corrected chi connectivity index (χ3v) is 4.48. The lowest BCUT2D eigenvalue weighted by molar-refractivity contribution is 0.992. The Kier molecular flexibility index (Phi) is 4.59. The lowest BCUT2D eigenvalue weighted by atomic mass is 9.85. The predicted molar refractivity (Wildman–Crippen MR) is 117 cm³/mol. The summed E-state index contributed by atoms with van der Waals surface area (Å²) in [4.78, 5) is 13.8. The molecule has 0 saturated heterocycles. The fourth-order valence-corrected chi connectivity index (χ4v) is 3.29. The summed E-state index contributed by atoms with van der Waals surface area (Å²) in [5, 5.41) is 0. The maximum absolute atomic E-state index is 4.74. The molecule has 0 fully saturated rings. The zero-order valence-electron chi connectivity index (χ0n) is 15.8. The van der Waals surface area contributed by atoms with E-state index in [1.807, 2.05) is 13.0 Å². The van der Waals surface area contributed by atoms with Crippen LogP contribution in [-0.4, -0.2) is 30.6 Å². The van der Waals surface area contributed by atoms with E-state index in [0.29, 0.717) is 5.82 Å². The van der Waals surface area contributed by atoms with Gasteiger partial charge in [0.15, 0.2) is 11.6 Å². The minimum Gasteiger partial charge on any atom is -0.213 e. The van der Waals surface area contributed by atoms with Crippen molar-refractivity contribution in [2.24, 2.45) is 0 Å². The van der Waals surface area contributed by atoms with Crippen molar-refractivity contribution in [2.45, 2.75) is 6.92 Å². The molecule has 1 aromatic heterocycles. The first kappa shape index (κ1) is 17.2. The highest BCUT2D eigenvalue weighted by atomic mass is 15.0. The van der Waals surface area contributed by atoms with Crippen molar-refractivity contribution in [3.8, 4) is 33.9 Å². The van der Waals surface area contributed by atoms with E-state index in [0.717, 1.165) is 22.8 Å². The molecule has 0 aliphatic carbocycles. The van der Waals surface area contributed by atoms with Crippen LogP contribution in [0.3, 0.4) is 0 Å². The normalized spacial score (nSPS) is 10.7. The molecule has 3 nitrogen and oxygen atoms in total. The number of aromatic nitrogens is 3. The SMILES string of the molecule is Bc1cc(B)cc(-c2nc(C)nc(-c3ccc(-c4ccccc4)cc3)n2)c1. The lowest BCUT2D eigenvalue weighted by Gasteiger charge is -2.08. The Labute approximate surface area is 161 Å². The molecular weight excluding hydrogens is 328 g/mol. The molecule has 128 valence electrons. The molecule has 0 unspecified atom stereocenters. The van der Waals surface area contributed by atoms with Crippen molar-refractivity contribution in [3.05, 3.63) is 78.6 Å². The van der Waals surface area contributed by atoms with E-state index in [1.54, 1.807) is 0 Å². The molecule has 0 atom stereocenters. The monoisotopic (exact) mass is 347 g/mol. The van der Waals surface area contributed by atoms with Gasteiger partial charge in [0, 0.05) is 11.1 Å². The van der Waals surface area contributed by atoms with E-state index in [1.165, 1.54) is 22.1 Å². The maximum atomic E-state index is 4.74. The van der Waals surface area contributed by atoms with E-state index >= 15 is 0 Å². The van der Waals surface area contributed by atoms with Gasteiger partial charge in [-0.05, 0) is 18.1 Å². The second-order valence-electron chi connectivity index (χ2n) is 6.85. The van der Waals surface area contributed by atoms with Crippen LogP contribution < -0.4 is 10.9 Å². The van der Waals surface area contributed by atoms with Gasteiger partial charge < -0.3 is 0 Å². The third-order valence-electron chi connectivity index (χ3n) is 4.48. The lowest BCUT2D eigenvalue weighted by Crippen LogP contribution is -2.14. The molecule has 0 spiro atoms. The van der Waals surface area contributed by atoms with Crippen molar-refractivity contribution < 1.29 is 0 Å². The number of benzene rings is 3. The molecule has 4 aromatic rings. The van der Waals surface area contributed by atoms with Crippen LogP contribution in [0, 0.1) is 6.92 Å². The van der Waals surface area contributed by atoms with Crippen molar-refractivity contribution in [3.63, 3.8) is 0 Å². The molecule has 0 saturated carbocycles. The Balaban J connectivity index is 1.73. The van der Waals surface area contributed by atoms with Crippen LogP contribution in [0.2, 0.25) is 0 Å². The first-order chi connectivity index (χ1) is 13.1. The van der Waals surface area contributed by atoms with Gasteiger partial charge in [-0.1, -0.05) is 83.7 Å². The topological polar surface area (TPSA) is 38.7 Å². The number of hydrogen-bond donors (Lipinski definition) is 0. The highest BCUT2D eigenvalue weighted by Gasteiger charge is 2.09. The summed E-state index contributed by atoms with van der Waals surface area (Å²) in [5.74, 6) is 2.15. The molecule has 0 aliphatic heterocycles. The van der Waals surface area contributed by atoms with Gasteiger partial charge in [-0.2, -0.15) is 0 Å². The first-order valence-corrected chi connectivity index (χ1v) is 9.06. The van der Waals surface area contributed by atoms with Crippen LogP contribution in [-0.2, 0) is 0 Å². The summed E-state index contributed by atoms with van der Waals surface area (Å²) in [5.41, 5.74) is 6.81. The summed E-state index contributed by atoms with van der Waals surface area (Å²) < 4.78 is 0. The molecule has 1 heterocycles. The standard InChI is InChI=1S/C22H19B2N3/c1-14-25-21(27-22(26-14)18-11-19(23)13-20(24)12-18)17-9-7-16(8-10-17)15-5-3-2-4-6-15/h2-13H,23-24H2,1H3. The van der Waals surface area contributed by atoms with Crippen molar-refractivity contribution >= 4 is 26.6 Å². The van der Waals surface area contributed by atoms with E-state index in [2.05, 4.69) is 92.4 Å². The molecule has 0 bridgehead atoms. The number of nitrogens with zero attached hydrogens (tertiary/aromatic N) is 3. The summed E-state index contributed by atoms with van der Waals surface area (Å²) in [6, 6.07) is 25.1. The van der Waals surface area contributed by atoms with Crippen molar-refractivity contribution in [2.75, 3.05) is 0 Å². The van der Waals surface area contributed by atoms with Gasteiger partial charge in [0.25, 0.3) is 0 Å². The van der Waals surface area contributed by atoms with Crippen molar-refractivity contribution in [1.82, 2.24) is 15.0 Å². The minimum atomic E-state index is 0.705. The average molecular weight is 347 g/mol. The van der Waals surface area contributed by atoms with Crippen LogP contribution in [0.4, 0.5) is 0 Å². The highest BCUT2D eigenvalue weighted by molar-refractivity contribution is 6.38. The molecule has 0 amide bonds. The molecule has 4 rings (SSSR count). The number of hydrogen-bond acceptors (Lipinski definition) is 3. The van der Waals surface area contributed by atoms with Crippen LogP contribution >= 0.6 is 0 Å². The third kappa shape index (κ3) is 3.82. The van der Waals surface area contributed by atoms with E-state index in [-0.39, 0.29) is 0 Å². The number of rotatable bonds is 3. The molecular formula is C22H19B2N3. The second-order valence-corrected chi connectivity index (χ2v) is 6.85. The largest absolute Gasteiger partial charge is 0.213 e. The fourth-order valence-electron chi connectivity index (χ4n) is 3.29. The van der Waals surface area contributed by atoms with Gasteiger partial charge in [-0.15, -0.1) is 0 Å². The molecule has 27 heavy (non-hydrogen) atoms. The maximum Gasteiger partial charge on any atom is 0.163 e. The molecule has 0 aliphatic rings. The Hall–Kier alpha value is -3.20. The Morgan fingerprint density at radius 1 is 0.556 bits per heavy atom. The molecule has 0 N–H and O–H groups in total. The predicted octanol–water partition coefficient (Wildman–Crippen LogP) is 1.70. The second kappa shape index (κ2) is 7.20. The minimum absolute atomic E-state index is 0.705. The summed E-state index contributed by atoms with van der Waals surface area (Å²) in [6.45, 7) is 1.91. The highest BCUT2D eigenvalue weighted by Crippen LogP contribution is 2.24. The van der Waals surface area contributed by atoms with E-state index in [9.17, 15) is 0 Å². The Morgan fingerprint density at radius 3 is 1.70 bits per heavy atom. The summed E-state index contributed by atoms with van der Waals surface area (Å²) >= 11 is 0. The van der Waals surface area contributed by atoms with Gasteiger partial charge in [0.05, 0.1) is 0 Å².